The molecule has 7 nitrogen and oxygen atoms in total. The fourth-order valence-electron chi connectivity index (χ4n) is 4.42. The molecular weight excluding hydrogens is 390 g/mol. The van der Waals surface area contributed by atoms with Crippen molar-refractivity contribution >= 4 is 28.0 Å². The van der Waals surface area contributed by atoms with Crippen LogP contribution in [0.4, 0.5) is 0 Å². The number of imidazole rings is 1. The van der Waals surface area contributed by atoms with E-state index < -0.39 is 0 Å². The lowest BCUT2D eigenvalue weighted by Crippen LogP contribution is -2.39. The van der Waals surface area contributed by atoms with Crippen molar-refractivity contribution in [1.29, 1.82) is 0 Å². The summed E-state index contributed by atoms with van der Waals surface area (Å²) in [6, 6.07) is 15.6. The van der Waals surface area contributed by atoms with Crippen molar-refractivity contribution < 1.29 is 4.79 Å². The highest BCUT2D eigenvalue weighted by Gasteiger charge is 2.23. The van der Waals surface area contributed by atoms with Crippen LogP contribution in [-0.2, 0) is 17.8 Å². The van der Waals surface area contributed by atoms with E-state index in [-0.39, 0.29) is 11.5 Å². The first-order valence-electron chi connectivity index (χ1n) is 10.8. The molecule has 1 N–H and O–H groups in total. The number of likely N-dealkylation sites (tertiary alicyclic amines) is 1. The molecule has 3 heterocycles. The highest BCUT2D eigenvalue weighted by Crippen LogP contribution is 2.22. The van der Waals surface area contributed by atoms with E-state index in [1.54, 1.807) is 0 Å². The number of aryl methyl sites for hydroxylation is 1. The monoisotopic (exact) mass is 415 g/mol. The van der Waals surface area contributed by atoms with Gasteiger partial charge in [-0.2, -0.15) is 0 Å². The molecule has 2 aromatic carbocycles. The molecule has 158 valence electrons. The molecule has 0 bridgehead atoms. The molecule has 2 aromatic heterocycles. The number of hydrogen-bond acceptors (Lipinski definition) is 4. The third-order valence-electron chi connectivity index (χ3n) is 6.19. The lowest BCUT2D eigenvalue weighted by atomic mass is 9.96. The first-order valence-corrected chi connectivity index (χ1v) is 10.8. The molecule has 1 amide bonds. The maximum atomic E-state index is 12.7. The second-order valence-corrected chi connectivity index (χ2v) is 8.24. The van der Waals surface area contributed by atoms with Gasteiger partial charge in [0.15, 0.2) is 0 Å². The number of hydrogen-bond donors (Lipinski definition) is 1. The molecule has 1 aliphatic rings. The van der Waals surface area contributed by atoms with Crippen LogP contribution in [0.3, 0.4) is 0 Å². The van der Waals surface area contributed by atoms with Gasteiger partial charge >= 0.3 is 0 Å². The Morgan fingerprint density at radius 2 is 1.77 bits per heavy atom. The van der Waals surface area contributed by atoms with Gasteiger partial charge in [-0.1, -0.05) is 24.3 Å². The summed E-state index contributed by atoms with van der Waals surface area (Å²) in [4.78, 5) is 38.7. The van der Waals surface area contributed by atoms with Crippen molar-refractivity contribution in [3.63, 3.8) is 0 Å². The average Bonchev–Trinajstić information content (AvgIpc) is 3.21. The van der Waals surface area contributed by atoms with Crippen molar-refractivity contribution in [2.24, 2.45) is 5.92 Å². The van der Waals surface area contributed by atoms with E-state index in [0.29, 0.717) is 24.5 Å². The van der Waals surface area contributed by atoms with Gasteiger partial charge in [-0.15, -0.1) is 0 Å². The highest BCUT2D eigenvalue weighted by molar-refractivity contribution is 5.77. The largest absolute Gasteiger partial charge is 0.343 e. The molecule has 4 aromatic rings. The number of piperidine rings is 1. The molecular formula is C24H25N5O2. The minimum atomic E-state index is -0.210. The van der Waals surface area contributed by atoms with E-state index in [1.807, 2.05) is 53.7 Å². The normalized spacial score (nSPS) is 15.0. The number of nitrogens with one attached hydrogen (secondary N) is 1. The summed E-state index contributed by atoms with van der Waals surface area (Å²) in [5, 5.41) is 0. The van der Waals surface area contributed by atoms with Crippen molar-refractivity contribution in [1.82, 2.24) is 24.4 Å². The van der Waals surface area contributed by atoms with E-state index in [2.05, 4.69) is 25.6 Å². The second kappa shape index (κ2) is 8.34. The van der Waals surface area contributed by atoms with Crippen LogP contribution in [0.25, 0.3) is 22.1 Å². The molecule has 0 unspecified atom stereocenters. The number of carbonyl (C=O) groups is 1. The molecule has 7 heteroatoms. The number of aromatic amines is 1. The Bertz CT molecular complexity index is 1280. The Kier molecular flexibility index (Phi) is 5.24. The van der Waals surface area contributed by atoms with Crippen molar-refractivity contribution in [3.05, 3.63) is 70.9 Å². The molecule has 0 aliphatic carbocycles. The van der Waals surface area contributed by atoms with Crippen LogP contribution >= 0.6 is 0 Å². The van der Waals surface area contributed by atoms with Crippen LogP contribution in [-0.4, -0.2) is 43.4 Å². The third-order valence-corrected chi connectivity index (χ3v) is 6.19. The minimum absolute atomic E-state index is 0.0980. The number of para-hydroxylation sites is 4. The number of fused-ring (bicyclic) bond motifs is 2. The van der Waals surface area contributed by atoms with E-state index in [9.17, 15) is 9.59 Å². The van der Waals surface area contributed by atoms with Crippen LogP contribution < -0.4 is 5.56 Å². The maximum Gasteiger partial charge on any atom is 0.270 e. The van der Waals surface area contributed by atoms with Gasteiger partial charge in [0, 0.05) is 32.5 Å². The maximum absolute atomic E-state index is 12.7. The van der Waals surface area contributed by atoms with Crippen LogP contribution in [0.2, 0.25) is 0 Å². The summed E-state index contributed by atoms with van der Waals surface area (Å²) >= 11 is 0. The van der Waals surface area contributed by atoms with Gasteiger partial charge in [0.2, 0.25) is 5.91 Å². The van der Waals surface area contributed by atoms with E-state index in [4.69, 9.17) is 0 Å². The standard InChI is InChI=1S/C24H25N5O2/c30-23(10-9-21-24(31)27-19-6-2-1-5-18(19)26-21)28-13-11-17(12-14-28)15-29-16-25-20-7-3-4-8-22(20)29/h1-8,16-17H,9-15H2,(H,27,31). The lowest BCUT2D eigenvalue weighted by Gasteiger charge is -2.32. The van der Waals surface area contributed by atoms with Gasteiger partial charge in [0.25, 0.3) is 5.56 Å². The highest BCUT2D eigenvalue weighted by atomic mass is 16.2. The molecule has 0 atom stereocenters. The zero-order valence-corrected chi connectivity index (χ0v) is 17.3. The van der Waals surface area contributed by atoms with Crippen LogP contribution in [0.5, 0.6) is 0 Å². The zero-order chi connectivity index (χ0) is 21.2. The van der Waals surface area contributed by atoms with Crippen molar-refractivity contribution in [2.45, 2.75) is 32.2 Å². The molecule has 1 aliphatic heterocycles. The first kappa shape index (κ1) is 19.5. The van der Waals surface area contributed by atoms with Gasteiger partial charge < -0.3 is 14.5 Å². The van der Waals surface area contributed by atoms with E-state index >= 15 is 0 Å². The number of aromatic nitrogens is 4. The molecule has 0 radical (unpaired) electrons. The summed E-state index contributed by atoms with van der Waals surface area (Å²) < 4.78 is 2.22. The van der Waals surface area contributed by atoms with Gasteiger partial charge in [-0.05, 0) is 43.0 Å². The van der Waals surface area contributed by atoms with Crippen molar-refractivity contribution in [3.8, 4) is 0 Å². The number of rotatable bonds is 5. The number of benzene rings is 2. The Labute approximate surface area is 179 Å². The predicted molar refractivity (Wildman–Crippen MR) is 120 cm³/mol. The summed E-state index contributed by atoms with van der Waals surface area (Å²) in [6.07, 6.45) is 4.54. The minimum Gasteiger partial charge on any atom is -0.343 e. The fraction of sp³-hybridized carbons (Fsp3) is 0.333. The van der Waals surface area contributed by atoms with E-state index in [1.165, 1.54) is 0 Å². The smallest absolute Gasteiger partial charge is 0.270 e. The lowest BCUT2D eigenvalue weighted by molar-refractivity contribution is -0.132. The SMILES string of the molecule is O=C(CCc1nc2ccccc2[nH]c1=O)N1CCC(Cn2cnc3ccccc32)CC1. The van der Waals surface area contributed by atoms with E-state index in [0.717, 1.165) is 54.5 Å². The summed E-state index contributed by atoms with van der Waals surface area (Å²) in [6.45, 7) is 2.45. The topological polar surface area (TPSA) is 83.9 Å². The van der Waals surface area contributed by atoms with Gasteiger partial charge in [-0.3, -0.25) is 9.59 Å². The fourth-order valence-corrected chi connectivity index (χ4v) is 4.42. The quantitative estimate of drug-likeness (QED) is 0.543. The Hall–Kier alpha value is -3.48. The molecule has 0 saturated carbocycles. The van der Waals surface area contributed by atoms with Crippen molar-refractivity contribution in [2.75, 3.05) is 13.1 Å². The second-order valence-electron chi connectivity index (χ2n) is 8.24. The van der Waals surface area contributed by atoms with Gasteiger partial charge in [0.05, 0.1) is 28.4 Å². The zero-order valence-electron chi connectivity index (χ0n) is 17.3. The average molecular weight is 415 g/mol. The van der Waals surface area contributed by atoms with Crippen LogP contribution in [0, 0.1) is 5.92 Å². The Balaban J connectivity index is 1.16. The van der Waals surface area contributed by atoms with Gasteiger partial charge in [0.1, 0.15) is 5.69 Å². The van der Waals surface area contributed by atoms with Crippen LogP contribution in [0.1, 0.15) is 25.0 Å². The number of nitrogens with zero attached hydrogens (tertiary/aromatic N) is 4. The van der Waals surface area contributed by atoms with Crippen LogP contribution in [0.15, 0.2) is 59.7 Å². The molecule has 1 fully saturated rings. The summed E-state index contributed by atoms with van der Waals surface area (Å²) in [5.74, 6) is 0.632. The first-order chi connectivity index (χ1) is 15.2. The number of amides is 1. The number of carbonyl (C=O) groups excluding carboxylic acids is 1. The van der Waals surface area contributed by atoms with Gasteiger partial charge in [-0.25, -0.2) is 9.97 Å². The third kappa shape index (κ3) is 4.08. The molecule has 31 heavy (non-hydrogen) atoms. The Morgan fingerprint density at radius 1 is 1.03 bits per heavy atom. The summed E-state index contributed by atoms with van der Waals surface area (Å²) in [5.41, 5.74) is 3.86. The number of H-pyrrole nitrogens is 1. The summed E-state index contributed by atoms with van der Waals surface area (Å²) in [7, 11) is 0. The predicted octanol–water partition coefficient (Wildman–Crippen LogP) is 3.14. The molecule has 1 saturated heterocycles. The Morgan fingerprint density at radius 3 is 2.61 bits per heavy atom. The molecule has 0 spiro atoms. The molecule has 5 rings (SSSR count).